The highest BCUT2D eigenvalue weighted by molar-refractivity contribution is 6.10. The SMILES string of the molecule is c1ccc(-c2ccc(C(c3ccc(-c4cccc5c4-c4ccccc4C5(c4ccccc4)c4ccccc4)cc3)c3cccc4c3oc3c(-c5ccccc5)cccc34)cc2)cc1. The van der Waals surface area contributed by atoms with E-state index in [2.05, 4.69) is 249 Å². The van der Waals surface area contributed by atoms with E-state index in [-0.39, 0.29) is 5.92 Å². The molecule has 1 nitrogen and oxygen atoms in total. The van der Waals surface area contributed by atoms with E-state index < -0.39 is 5.41 Å². The smallest absolute Gasteiger partial charge is 0.143 e. The minimum absolute atomic E-state index is 0.0839. The summed E-state index contributed by atoms with van der Waals surface area (Å²) in [6.45, 7) is 0. The Kier molecular flexibility index (Phi) is 8.86. The highest BCUT2D eigenvalue weighted by Gasteiger charge is 2.46. The van der Waals surface area contributed by atoms with E-state index in [9.17, 15) is 0 Å². The molecule has 0 fully saturated rings. The van der Waals surface area contributed by atoms with Gasteiger partial charge >= 0.3 is 0 Å². The summed E-state index contributed by atoms with van der Waals surface area (Å²) in [5, 5.41) is 2.25. The van der Waals surface area contributed by atoms with Crippen LogP contribution in [0.1, 0.15) is 44.9 Å². The van der Waals surface area contributed by atoms with Gasteiger partial charge in [0.05, 0.1) is 5.41 Å². The van der Waals surface area contributed by atoms with E-state index in [4.69, 9.17) is 4.42 Å². The molecule has 1 unspecified atom stereocenters. The van der Waals surface area contributed by atoms with Gasteiger partial charge in [-0.2, -0.15) is 0 Å². The van der Waals surface area contributed by atoms with Crippen LogP contribution in [0.2, 0.25) is 0 Å². The Morgan fingerprint density at radius 1 is 0.302 bits per heavy atom. The normalized spacial score (nSPS) is 13.1. The molecule has 296 valence electrons. The molecule has 1 aromatic heterocycles. The number of furan rings is 1. The van der Waals surface area contributed by atoms with Gasteiger partial charge in [-0.3, -0.25) is 0 Å². The van der Waals surface area contributed by atoms with Crippen LogP contribution in [0.4, 0.5) is 0 Å². The summed E-state index contributed by atoms with van der Waals surface area (Å²) in [7, 11) is 0. The summed E-state index contributed by atoms with van der Waals surface area (Å²) in [6.07, 6.45) is 0. The van der Waals surface area contributed by atoms with Crippen LogP contribution in [0, 0.1) is 0 Å². The van der Waals surface area contributed by atoms with Crippen molar-refractivity contribution in [1.82, 2.24) is 0 Å². The van der Waals surface area contributed by atoms with Gasteiger partial charge in [-0.1, -0.05) is 249 Å². The summed E-state index contributed by atoms with van der Waals surface area (Å²) >= 11 is 0. The highest BCUT2D eigenvalue weighted by atomic mass is 16.3. The molecule has 0 saturated carbocycles. The molecule has 1 aliphatic rings. The van der Waals surface area contributed by atoms with E-state index in [0.29, 0.717) is 0 Å². The van der Waals surface area contributed by atoms with Crippen molar-refractivity contribution in [2.75, 3.05) is 0 Å². The maximum Gasteiger partial charge on any atom is 0.143 e. The summed E-state index contributed by atoms with van der Waals surface area (Å²) in [5.41, 5.74) is 19.8. The summed E-state index contributed by atoms with van der Waals surface area (Å²) < 4.78 is 7.06. The maximum atomic E-state index is 7.06. The number of fused-ring (bicyclic) bond motifs is 6. The van der Waals surface area contributed by atoms with Gasteiger partial charge in [-0.15, -0.1) is 0 Å². The van der Waals surface area contributed by atoms with E-state index in [0.717, 1.165) is 38.6 Å². The fourth-order valence-corrected chi connectivity index (χ4v) is 10.6. The highest BCUT2D eigenvalue weighted by Crippen LogP contribution is 2.58. The fraction of sp³-hybridized carbons (Fsp3) is 0.0323. The average molecular weight is 803 g/mol. The van der Waals surface area contributed by atoms with Crippen molar-refractivity contribution in [3.8, 4) is 44.5 Å². The lowest BCUT2D eigenvalue weighted by atomic mass is 9.67. The van der Waals surface area contributed by atoms with Crippen molar-refractivity contribution >= 4 is 21.9 Å². The molecule has 0 N–H and O–H groups in total. The first-order valence-electron chi connectivity index (χ1n) is 21.9. The van der Waals surface area contributed by atoms with Crippen LogP contribution < -0.4 is 0 Å². The first kappa shape index (κ1) is 36.8. The number of hydrogen-bond acceptors (Lipinski definition) is 1. The van der Waals surface area contributed by atoms with Gasteiger partial charge < -0.3 is 4.42 Å². The standard InChI is InChI=1S/C62H42O/c1-5-18-42(19-6-1)43-34-38-46(39-35-43)58(55-31-16-30-53-52-29-15-28-51(60(52)63-61(53)55)44-20-7-2-8-21-44)47-40-36-45(37-41-47)50-27-17-33-57-59(50)54-26-13-14-32-56(54)62(57,48-22-9-3-10-23-48)49-24-11-4-12-25-49/h1-41,58H. The van der Waals surface area contributed by atoms with E-state index >= 15 is 0 Å². The van der Waals surface area contributed by atoms with Crippen molar-refractivity contribution in [3.63, 3.8) is 0 Å². The Balaban J connectivity index is 1.03. The second-order valence-electron chi connectivity index (χ2n) is 16.7. The Morgan fingerprint density at radius 3 is 1.40 bits per heavy atom. The van der Waals surface area contributed by atoms with Crippen molar-refractivity contribution in [2.45, 2.75) is 11.3 Å². The second-order valence-corrected chi connectivity index (χ2v) is 16.7. The molecule has 11 aromatic rings. The van der Waals surface area contributed by atoms with Gasteiger partial charge in [0.1, 0.15) is 11.2 Å². The van der Waals surface area contributed by atoms with Gasteiger partial charge in [0.25, 0.3) is 0 Å². The minimum Gasteiger partial charge on any atom is -0.455 e. The third-order valence-corrected chi connectivity index (χ3v) is 13.3. The number of para-hydroxylation sites is 2. The third kappa shape index (κ3) is 5.92. The lowest BCUT2D eigenvalue weighted by Gasteiger charge is -2.34. The molecule has 0 spiro atoms. The largest absolute Gasteiger partial charge is 0.455 e. The van der Waals surface area contributed by atoms with Crippen LogP contribution in [0.25, 0.3) is 66.4 Å². The van der Waals surface area contributed by atoms with Crippen molar-refractivity contribution < 1.29 is 4.42 Å². The first-order valence-corrected chi connectivity index (χ1v) is 21.9. The molecule has 63 heavy (non-hydrogen) atoms. The fourth-order valence-electron chi connectivity index (χ4n) is 10.6. The summed E-state index contributed by atoms with van der Waals surface area (Å²) in [4.78, 5) is 0. The molecule has 1 heterocycles. The van der Waals surface area contributed by atoms with E-state index in [1.165, 1.54) is 66.8 Å². The molecule has 0 saturated heterocycles. The van der Waals surface area contributed by atoms with E-state index in [1.54, 1.807) is 0 Å². The number of benzene rings is 10. The van der Waals surface area contributed by atoms with E-state index in [1.807, 2.05) is 0 Å². The molecular weight excluding hydrogens is 761 g/mol. The molecular formula is C62H42O. The molecule has 12 rings (SSSR count). The Labute approximate surface area is 368 Å². The zero-order chi connectivity index (χ0) is 41.7. The van der Waals surface area contributed by atoms with Crippen LogP contribution in [-0.4, -0.2) is 0 Å². The number of rotatable bonds is 8. The van der Waals surface area contributed by atoms with Crippen LogP contribution in [0.15, 0.2) is 253 Å². The lowest BCUT2D eigenvalue weighted by Crippen LogP contribution is -2.28. The molecule has 10 aromatic carbocycles. The third-order valence-electron chi connectivity index (χ3n) is 13.3. The molecule has 0 amide bonds. The molecule has 1 heteroatoms. The molecule has 0 bridgehead atoms. The Bertz CT molecular complexity index is 3360. The average Bonchev–Trinajstić information content (AvgIpc) is 3.91. The first-order chi connectivity index (χ1) is 31.3. The molecule has 1 aliphatic carbocycles. The Hall–Kier alpha value is -8.00. The number of hydrogen-bond donors (Lipinski definition) is 0. The molecule has 1 atom stereocenters. The zero-order valence-corrected chi connectivity index (χ0v) is 34.7. The summed E-state index contributed by atoms with van der Waals surface area (Å²) in [5.74, 6) is -0.0839. The second kappa shape index (κ2) is 15.2. The van der Waals surface area contributed by atoms with Crippen molar-refractivity contribution in [3.05, 3.63) is 288 Å². The maximum absolute atomic E-state index is 7.06. The predicted molar refractivity (Wildman–Crippen MR) is 261 cm³/mol. The van der Waals surface area contributed by atoms with Gasteiger partial charge in [0.15, 0.2) is 0 Å². The monoisotopic (exact) mass is 802 g/mol. The van der Waals surface area contributed by atoms with Crippen molar-refractivity contribution in [1.29, 1.82) is 0 Å². The topological polar surface area (TPSA) is 13.1 Å². The van der Waals surface area contributed by atoms with Crippen LogP contribution in [0.5, 0.6) is 0 Å². The Morgan fingerprint density at radius 2 is 0.746 bits per heavy atom. The van der Waals surface area contributed by atoms with Crippen LogP contribution in [-0.2, 0) is 5.41 Å². The minimum atomic E-state index is -0.451. The summed E-state index contributed by atoms with van der Waals surface area (Å²) in [6, 6.07) is 90.8. The molecule has 0 radical (unpaired) electrons. The van der Waals surface area contributed by atoms with Gasteiger partial charge in [0, 0.05) is 27.8 Å². The van der Waals surface area contributed by atoms with Gasteiger partial charge in [-0.25, -0.2) is 0 Å². The van der Waals surface area contributed by atoms with Crippen molar-refractivity contribution in [2.24, 2.45) is 0 Å². The van der Waals surface area contributed by atoms with Gasteiger partial charge in [-0.05, 0) is 72.3 Å². The van der Waals surface area contributed by atoms with Crippen LogP contribution >= 0.6 is 0 Å². The lowest BCUT2D eigenvalue weighted by molar-refractivity contribution is 0.662. The zero-order valence-electron chi connectivity index (χ0n) is 34.7. The molecule has 0 aliphatic heterocycles. The van der Waals surface area contributed by atoms with Gasteiger partial charge in [0.2, 0.25) is 0 Å². The van der Waals surface area contributed by atoms with Crippen LogP contribution in [0.3, 0.4) is 0 Å². The quantitative estimate of drug-likeness (QED) is 0.140. The predicted octanol–water partition coefficient (Wildman–Crippen LogP) is 16.1.